The summed E-state index contributed by atoms with van der Waals surface area (Å²) in [5, 5.41) is 0. The summed E-state index contributed by atoms with van der Waals surface area (Å²) in [6, 6.07) is 9.11. The van der Waals surface area contributed by atoms with E-state index in [2.05, 4.69) is 9.88 Å². The lowest BCUT2D eigenvalue weighted by atomic mass is 10.0. The van der Waals surface area contributed by atoms with Crippen molar-refractivity contribution in [2.75, 3.05) is 11.9 Å². The Kier molecular flexibility index (Phi) is 5.28. The number of hydrogen-bond donors (Lipinski definition) is 1. The maximum absolute atomic E-state index is 14.2. The smallest absolute Gasteiger partial charge is 0.128 e. The van der Waals surface area contributed by atoms with Crippen LogP contribution in [0.5, 0.6) is 0 Å². The predicted molar refractivity (Wildman–Crippen MR) is 84.7 cm³/mol. The largest absolute Gasteiger partial charge is 0.370 e. The molecular weight excluding hydrogens is 265 g/mol. The molecule has 4 heteroatoms. The Labute approximate surface area is 125 Å². The number of anilines is 1. The molecule has 2 rings (SSSR count). The van der Waals surface area contributed by atoms with Gasteiger partial charge in [0.1, 0.15) is 5.82 Å². The second-order valence-corrected chi connectivity index (χ2v) is 5.32. The van der Waals surface area contributed by atoms with Gasteiger partial charge in [-0.15, -0.1) is 0 Å². The summed E-state index contributed by atoms with van der Waals surface area (Å²) in [6.07, 6.45) is 4.92. The van der Waals surface area contributed by atoms with E-state index in [1.165, 1.54) is 6.07 Å². The monoisotopic (exact) mass is 287 g/mol. The molecule has 3 nitrogen and oxygen atoms in total. The van der Waals surface area contributed by atoms with Crippen molar-refractivity contribution >= 4 is 5.69 Å². The highest BCUT2D eigenvalue weighted by Gasteiger charge is 2.14. The lowest BCUT2D eigenvalue weighted by Crippen LogP contribution is -2.25. The number of nitrogens with zero attached hydrogens (tertiary/aromatic N) is 2. The van der Waals surface area contributed by atoms with E-state index in [0.29, 0.717) is 18.5 Å². The molecule has 0 saturated heterocycles. The number of benzene rings is 1. The van der Waals surface area contributed by atoms with Crippen LogP contribution < -0.4 is 10.6 Å². The van der Waals surface area contributed by atoms with Crippen LogP contribution in [0.25, 0.3) is 0 Å². The number of aromatic nitrogens is 1. The molecule has 1 heterocycles. The first-order chi connectivity index (χ1) is 10.1. The van der Waals surface area contributed by atoms with Crippen LogP contribution in [0, 0.1) is 5.82 Å². The Balaban J connectivity index is 2.24. The van der Waals surface area contributed by atoms with Gasteiger partial charge >= 0.3 is 0 Å². The number of pyridine rings is 1. The van der Waals surface area contributed by atoms with E-state index in [1.807, 2.05) is 32.2 Å². The molecule has 0 radical (unpaired) electrons. The van der Waals surface area contributed by atoms with Gasteiger partial charge in [0.25, 0.3) is 0 Å². The van der Waals surface area contributed by atoms with E-state index < -0.39 is 0 Å². The van der Waals surface area contributed by atoms with Crippen molar-refractivity contribution in [2.24, 2.45) is 5.73 Å². The molecular formula is C17H22FN3. The minimum Gasteiger partial charge on any atom is -0.370 e. The molecule has 21 heavy (non-hydrogen) atoms. The molecule has 0 aliphatic heterocycles. The SMILES string of the molecule is CCC(N)Cc1c(F)cccc1N(C)Cc1ccncc1. The summed E-state index contributed by atoms with van der Waals surface area (Å²) >= 11 is 0. The third-order valence-electron chi connectivity index (χ3n) is 3.67. The highest BCUT2D eigenvalue weighted by Crippen LogP contribution is 2.25. The van der Waals surface area contributed by atoms with Crippen LogP contribution in [0.15, 0.2) is 42.7 Å². The summed E-state index contributed by atoms with van der Waals surface area (Å²) in [6.45, 7) is 2.73. The van der Waals surface area contributed by atoms with Crippen molar-refractivity contribution in [1.82, 2.24) is 4.98 Å². The fraction of sp³-hybridized carbons (Fsp3) is 0.353. The topological polar surface area (TPSA) is 42.1 Å². The van der Waals surface area contributed by atoms with E-state index in [4.69, 9.17) is 5.73 Å². The van der Waals surface area contributed by atoms with Gasteiger partial charge in [-0.25, -0.2) is 4.39 Å². The van der Waals surface area contributed by atoms with Crippen LogP contribution in [0.3, 0.4) is 0 Å². The highest BCUT2D eigenvalue weighted by molar-refractivity contribution is 5.54. The van der Waals surface area contributed by atoms with Crippen molar-refractivity contribution in [3.8, 4) is 0 Å². The fourth-order valence-corrected chi connectivity index (χ4v) is 2.36. The Bertz CT molecular complexity index is 572. The molecule has 0 spiro atoms. The minimum atomic E-state index is -0.182. The Morgan fingerprint density at radius 3 is 2.62 bits per heavy atom. The summed E-state index contributed by atoms with van der Waals surface area (Å²) in [4.78, 5) is 6.06. The number of halogens is 1. The molecule has 0 bridgehead atoms. The lowest BCUT2D eigenvalue weighted by Gasteiger charge is -2.24. The first-order valence-corrected chi connectivity index (χ1v) is 7.24. The van der Waals surface area contributed by atoms with Crippen molar-refractivity contribution in [3.63, 3.8) is 0 Å². The van der Waals surface area contributed by atoms with Crippen LogP contribution >= 0.6 is 0 Å². The number of hydrogen-bond acceptors (Lipinski definition) is 3. The van der Waals surface area contributed by atoms with Crippen LogP contribution in [-0.4, -0.2) is 18.1 Å². The summed E-state index contributed by atoms with van der Waals surface area (Å²) in [5.74, 6) is -0.182. The highest BCUT2D eigenvalue weighted by atomic mass is 19.1. The molecule has 0 amide bonds. The molecule has 1 aromatic heterocycles. The standard InChI is InChI=1S/C17H22FN3/c1-3-14(19)11-15-16(18)5-4-6-17(15)21(2)12-13-7-9-20-10-8-13/h4-10,14H,3,11-12,19H2,1-2H3. The molecule has 1 unspecified atom stereocenters. The minimum absolute atomic E-state index is 0.0185. The van der Waals surface area contributed by atoms with Crippen LogP contribution in [-0.2, 0) is 13.0 Å². The van der Waals surface area contributed by atoms with Gasteiger partial charge in [0.15, 0.2) is 0 Å². The van der Waals surface area contributed by atoms with Gasteiger partial charge in [-0.1, -0.05) is 13.0 Å². The number of nitrogens with two attached hydrogens (primary N) is 1. The first kappa shape index (κ1) is 15.4. The van der Waals surface area contributed by atoms with Gasteiger partial charge in [0.2, 0.25) is 0 Å². The normalized spacial score (nSPS) is 12.2. The van der Waals surface area contributed by atoms with Crippen molar-refractivity contribution in [1.29, 1.82) is 0 Å². The van der Waals surface area contributed by atoms with E-state index in [1.54, 1.807) is 18.5 Å². The Hall–Kier alpha value is -1.94. The van der Waals surface area contributed by atoms with E-state index in [9.17, 15) is 4.39 Å². The van der Waals surface area contributed by atoms with Crippen LogP contribution in [0.1, 0.15) is 24.5 Å². The maximum Gasteiger partial charge on any atom is 0.128 e. The number of rotatable bonds is 6. The Morgan fingerprint density at radius 1 is 1.24 bits per heavy atom. The lowest BCUT2D eigenvalue weighted by molar-refractivity contribution is 0.578. The second kappa shape index (κ2) is 7.18. The summed E-state index contributed by atoms with van der Waals surface area (Å²) in [5.41, 5.74) is 8.74. The van der Waals surface area contributed by atoms with Crippen molar-refractivity contribution in [3.05, 3.63) is 59.7 Å². The fourth-order valence-electron chi connectivity index (χ4n) is 2.36. The quantitative estimate of drug-likeness (QED) is 0.887. The van der Waals surface area contributed by atoms with Crippen molar-refractivity contribution < 1.29 is 4.39 Å². The Morgan fingerprint density at radius 2 is 1.95 bits per heavy atom. The van der Waals surface area contributed by atoms with Crippen LogP contribution in [0.4, 0.5) is 10.1 Å². The van der Waals surface area contributed by atoms with E-state index >= 15 is 0 Å². The van der Waals surface area contributed by atoms with E-state index in [0.717, 1.165) is 17.7 Å². The van der Waals surface area contributed by atoms with Crippen LogP contribution in [0.2, 0.25) is 0 Å². The first-order valence-electron chi connectivity index (χ1n) is 7.24. The zero-order valence-electron chi connectivity index (χ0n) is 12.6. The molecule has 2 aromatic rings. The zero-order valence-corrected chi connectivity index (χ0v) is 12.6. The third kappa shape index (κ3) is 4.02. The molecule has 1 atom stereocenters. The average Bonchev–Trinajstić information content (AvgIpc) is 2.50. The molecule has 0 aliphatic rings. The predicted octanol–water partition coefficient (Wildman–Crippen LogP) is 3.14. The van der Waals surface area contributed by atoms with Gasteiger partial charge in [-0.05, 0) is 42.7 Å². The molecule has 0 saturated carbocycles. The van der Waals surface area contributed by atoms with E-state index in [-0.39, 0.29) is 11.9 Å². The molecule has 0 fully saturated rings. The molecule has 112 valence electrons. The van der Waals surface area contributed by atoms with Gasteiger partial charge in [0, 0.05) is 43.3 Å². The van der Waals surface area contributed by atoms with Gasteiger partial charge in [0.05, 0.1) is 0 Å². The maximum atomic E-state index is 14.2. The second-order valence-electron chi connectivity index (χ2n) is 5.32. The van der Waals surface area contributed by atoms with Crippen molar-refractivity contribution in [2.45, 2.75) is 32.4 Å². The zero-order chi connectivity index (χ0) is 15.2. The molecule has 1 aromatic carbocycles. The van der Waals surface area contributed by atoms with Gasteiger partial charge in [-0.3, -0.25) is 4.98 Å². The summed E-state index contributed by atoms with van der Waals surface area (Å²) in [7, 11) is 1.97. The van der Waals surface area contributed by atoms with Gasteiger partial charge < -0.3 is 10.6 Å². The third-order valence-corrected chi connectivity index (χ3v) is 3.67. The molecule has 0 aliphatic carbocycles. The average molecular weight is 287 g/mol. The summed E-state index contributed by atoms with van der Waals surface area (Å²) < 4.78 is 14.2. The molecule has 2 N–H and O–H groups in total. The van der Waals surface area contributed by atoms with Gasteiger partial charge in [-0.2, -0.15) is 0 Å².